The van der Waals surface area contributed by atoms with E-state index >= 15 is 4.57 Å². The van der Waals surface area contributed by atoms with Gasteiger partial charge in [-0.25, -0.2) is 0 Å². The van der Waals surface area contributed by atoms with Crippen LogP contribution >= 0.6 is 7.14 Å². The fourth-order valence-electron chi connectivity index (χ4n) is 12.1. The predicted octanol–water partition coefficient (Wildman–Crippen LogP) is 7.86. The van der Waals surface area contributed by atoms with Crippen LogP contribution in [0.5, 0.6) is 0 Å². The van der Waals surface area contributed by atoms with Crippen molar-refractivity contribution in [3.8, 4) is 11.8 Å². The summed E-state index contributed by atoms with van der Waals surface area (Å²) in [4.78, 5) is 52.3. The second kappa shape index (κ2) is 23.2. The quantitative estimate of drug-likeness (QED) is 0.0919. The van der Waals surface area contributed by atoms with Crippen molar-refractivity contribution in [2.45, 2.75) is 157 Å². The molecule has 5 aliphatic rings. The van der Waals surface area contributed by atoms with E-state index in [1.54, 1.807) is 7.11 Å². The van der Waals surface area contributed by atoms with E-state index in [1.165, 1.54) is 0 Å². The molecule has 364 valence electrons. The number of amides is 2. The highest BCUT2D eigenvalue weighted by Gasteiger charge is 2.48. The van der Waals surface area contributed by atoms with Crippen LogP contribution in [0.3, 0.4) is 0 Å². The molecular weight excluding hydrogens is 880 g/mol. The highest BCUT2D eigenvalue weighted by Crippen LogP contribution is 2.55. The maximum atomic E-state index is 16.0. The Morgan fingerprint density at radius 2 is 1.04 bits per heavy atom. The van der Waals surface area contributed by atoms with Gasteiger partial charge in [0, 0.05) is 53.4 Å². The average molecular weight is 949 g/mol. The van der Waals surface area contributed by atoms with Gasteiger partial charge in [0.15, 0.2) is 0 Å². The number of benzene rings is 3. The second-order valence-corrected chi connectivity index (χ2v) is 23.1. The molecule has 0 saturated heterocycles. The van der Waals surface area contributed by atoms with Gasteiger partial charge in [-0.1, -0.05) is 90.7 Å². The Kier molecular flexibility index (Phi) is 16.9. The Balaban J connectivity index is 0.956. The smallest absolute Gasteiger partial charge is 0.307 e. The minimum absolute atomic E-state index is 0.0658. The molecular formula is C55H69N2O10P. The van der Waals surface area contributed by atoms with E-state index in [0.717, 1.165) is 54.7 Å². The van der Waals surface area contributed by atoms with Crippen LogP contribution in [0.15, 0.2) is 91.0 Å². The molecule has 0 bridgehead atoms. The third kappa shape index (κ3) is 12.1. The van der Waals surface area contributed by atoms with Crippen LogP contribution in [0.4, 0.5) is 0 Å². The monoisotopic (exact) mass is 948 g/mol. The molecule has 3 aromatic rings. The number of carboxylic acid groups (broad SMARTS) is 2. The molecule has 13 atom stereocenters. The fourth-order valence-corrected chi connectivity index (χ4v) is 15.5. The molecule has 8 rings (SSSR count). The molecule has 0 aliphatic heterocycles. The third-order valence-electron chi connectivity index (χ3n) is 15.6. The largest absolute Gasteiger partial charge is 0.481 e. The van der Waals surface area contributed by atoms with Gasteiger partial charge in [0.1, 0.15) is 7.14 Å². The van der Waals surface area contributed by atoms with E-state index in [-0.39, 0.29) is 59.9 Å². The van der Waals surface area contributed by atoms with Crippen LogP contribution in [0.2, 0.25) is 0 Å². The Bertz CT molecular complexity index is 2240. The lowest BCUT2D eigenvalue weighted by Crippen LogP contribution is -2.50. The van der Waals surface area contributed by atoms with Crippen molar-refractivity contribution in [2.24, 2.45) is 29.6 Å². The van der Waals surface area contributed by atoms with Gasteiger partial charge in [0.25, 0.3) is 0 Å². The molecule has 5 fully saturated rings. The highest BCUT2D eigenvalue weighted by molar-refractivity contribution is 7.79. The first kappa shape index (κ1) is 49.6. The minimum atomic E-state index is -3.27. The molecule has 4 N–H and O–H groups in total. The number of carbonyl (C=O) groups is 4. The van der Waals surface area contributed by atoms with Gasteiger partial charge in [-0.3, -0.25) is 19.2 Å². The molecule has 5 saturated carbocycles. The fraction of sp³-hybridized carbons (Fsp3) is 0.564. The number of ether oxygens (including phenoxy) is 3. The van der Waals surface area contributed by atoms with E-state index in [0.29, 0.717) is 70.6 Å². The lowest BCUT2D eigenvalue weighted by Gasteiger charge is -2.44. The summed E-state index contributed by atoms with van der Waals surface area (Å²) in [7, 11) is -1.66. The van der Waals surface area contributed by atoms with Gasteiger partial charge in [-0.05, 0) is 115 Å². The van der Waals surface area contributed by atoms with Gasteiger partial charge in [-0.15, -0.1) is 0 Å². The van der Waals surface area contributed by atoms with Crippen molar-refractivity contribution in [2.75, 3.05) is 7.11 Å². The van der Waals surface area contributed by atoms with E-state index in [4.69, 9.17) is 14.2 Å². The number of methoxy groups -OCH3 is 1. The van der Waals surface area contributed by atoms with E-state index in [9.17, 15) is 29.4 Å². The van der Waals surface area contributed by atoms with Gasteiger partial charge < -0.3 is 39.6 Å². The number of carboxylic acids is 2. The molecule has 12 nitrogen and oxygen atoms in total. The Morgan fingerprint density at radius 1 is 0.544 bits per heavy atom. The average Bonchev–Trinajstić information content (AvgIpc) is 3.36. The summed E-state index contributed by atoms with van der Waals surface area (Å²) >= 11 is 0. The van der Waals surface area contributed by atoms with Gasteiger partial charge >= 0.3 is 11.9 Å². The summed E-state index contributed by atoms with van der Waals surface area (Å²) in [6.45, 7) is 0. The Hall–Kier alpha value is -4.79. The number of carbonyl (C=O) groups excluding carboxylic acids is 2. The highest BCUT2D eigenvalue weighted by atomic mass is 31.2. The van der Waals surface area contributed by atoms with Crippen molar-refractivity contribution < 1.29 is 48.2 Å². The first-order chi connectivity index (χ1) is 33.0. The maximum Gasteiger partial charge on any atom is 0.307 e. The lowest BCUT2D eigenvalue weighted by molar-refractivity contribution is -0.151. The molecule has 0 spiro atoms. The van der Waals surface area contributed by atoms with Crippen LogP contribution in [-0.4, -0.2) is 89.3 Å². The zero-order valence-electron chi connectivity index (χ0n) is 39.3. The molecule has 3 aromatic carbocycles. The first-order valence-electron chi connectivity index (χ1n) is 25.2. The number of rotatable bonds is 14. The molecule has 68 heavy (non-hydrogen) atoms. The summed E-state index contributed by atoms with van der Waals surface area (Å²) in [5.74, 6) is 1.27. The number of aliphatic carboxylic acids is 2. The first-order valence-corrected chi connectivity index (χ1v) is 26.9. The van der Waals surface area contributed by atoms with E-state index in [1.807, 2.05) is 91.0 Å². The van der Waals surface area contributed by atoms with Gasteiger partial charge in [-0.2, -0.15) is 0 Å². The van der Waals surface area contributed by atoms with Crippen molar-refractivity contribution in [1.29, 1.82) is 0 Å². The summed E-state index contributed by atoms with van der Waals surface area (Å²) in [5, 5.41) is 28.2. The molecule has 0 radical (unpaired) electrons. The van der Waals surface area contributed by atoms with Crippen LogP contribution in [0, 0.1) is 41.4 Å². The second-order valence-electron chi connectivity index (χ2n) is 20.0. The summed E-state index contributed by atoms with van der Waals surface area (Å²) in [5.41, 5.74) is 0.566. The summed E-state index contributed by atoms with van der Waals surface area (Å²) in [6, 6.07) is 28.8. The van der Waals surface area contributed by atoms with E-state index < -0.39 is 48.9 Å². The normalized spacial score (nSPS) is 32.1. The summed E-state index contributed by atoms with van der Waals surface area (Å²) < 4.78 is 35.7. The molecule has 0 heterocycles. The van der Waals surface area contributed by atoms with Crippen LogP contribution in [-0.2, 0) is 38.0 Å². The van der Waals surface area contributed by atoms with E-state index in [2.05, 4.69) is 22.5 Å². The number of hydrogen-bond acceptors (Lipinski definition) is 8. The van der Waals surface area contributed by atoms with Crippen LogP contribution < -0.4 is 21.2 Å². The molecule has 13 unspecified atom stereocenters. The standard InChI is InChI=1S/C55H69N2O10P/c1-65-40-26-29-47(55(62)63)49(34-40)53(59)57-39-16-12-18-42(33-39)67-50-35-43(27-30-51(50)68(64,44-19-7-3-8-20-44)45-21-9-4-10-22-45)66-41-17-11-15-38(32-41)56-52(58)48-31-37(25-28-46(48)54(60)61)24-23-36-13-5-2-6-14-36/h2-10,13-14,19-22,37-43,46-51H,11-12,15-18,25-35H2,1H3,(H,56,58)(H,57,59)(H,60,61)(H,62,63). The topological polar surface area (TPSA) is 178 Å². The third-order valence-corrected chi connectivity index (χ3v) is 19.3. The van der Waals surface area contributed by atoms with Crippen molar-refractivity contribution in [3.05, 3.63) is 96.6 Å². The molecule has 0 aromatic heterocycles. The van der Waals surface area contributed by atoms with Crippen LogP contribution in [0.25, 0.3) is 0 Å². The minimum Gasteiger partial charge on any atom is -0.481 e. The molecule has 2 amide bonds. The zero-order valence-corrected chi connectivity index (χ0v) is 40.2. The molecule has 13 heteroatoms. The van der Waals surface area contributed by atoms with Crippen molar-refractivity contribution >= 4 is 41.5 Å². The number of nitrogens with one attached hydrogen (secondary N) is 2. The SMILES string of the molecule is COC1CCC(C(=O)O)C(C(=O)NC2CCCC(OC3CC(OC4CCCC(NC(=O)C5CC(C#Cc6ccccc6)CCC5C(=O)O)C4)CCC3P(=O)(c3ccccc3)c3ccccc3)C2)C1. The van der Waals surface area contributed by atoms with Gasteiger partial charge in [0.05, 0.1) is 54.2 Å². The molecule has 5 aliphatic carbocycles. The maximum absolute atomic E-state index is 16.0. The Morgan fingerprint density at radius 3 is 1.60 bits per heavy atom. The van der Waals surface area contributed by atoms with Gasteiger partial charge in [0.2, 0.25) is 11.8 Å². The van der Waals surface area contributed by atoms with Crippen LogP contribution in [0.1, 0.15) is 115 Å². The zero-order chi connectivity index (χ0) is 47.6. The lowest BCUT2D eigenvalue weighted by atomic mass is 9.73. The summed E-state index contributed by atoms with van der Waals surface area (Å²) in [6.07, 6.45) is 9.58. The van der Waals surface area contributed by atoms with Crippen molar-refractivity contribution in [3.63, 3.8) is 0 Å². The predicted molar refractivity (Wildman–Crippen MR) is 260 cm³/mol. The number of hydrogen-bond donors (Lipinski definition) is 4. The Labute approximate surface area is 401 Å². The van der Waals surface area contributed by atoms with Crippen molar-refractivity contribution in [1.82, 2.24) is 10.6 Å².